The van der Waals surface area contributed by atoms with Gasteiger partial charge in [0.2, 0.25) is 0 Å². The molecule has 1 fully saturated rings. The van der Waals surface area contributed by atoms with Gasteiger partial charge in [0.15, 0.2) is 0 Å². The smallest absolute Gasteiger partial charge is 0.320 e. The predicted molar refractivity (Wildman–Crippen MR) is 44.1 cm³/mol. The van der Waals surface area contributed by atoms with Gasteiger partial charge in [-0.25, -0.2) is 0 Å². The third-order valence-corrected chi connectivity index (χ3v) is 2.05. The van der Waals surface area contributed by atoms with E-state index in [0.29, 0.717) is 6.54 Å². The van der Waals surface area contributed by atoms with E-state index in [2.05, 4.69) is 5.32 Å². The van der Waals surface area contributed by atoms with E-state index in [1.54, 1.807) is 6.92 Å². The van der Waals surface area contributed by atoms with Crippen molar-refractivity contribution in [3.05, 3.63) is 0 Å². The number of nitrogens with one attached hydrogen (secondary N) is 1. The average Bonchev–Trinajstić information content (AvgIpc) is 2.51. The van der Waals surface area contributed by atoms with Crippen LogP contribution in [0.1, 0.15) is 19.8 Å². The predicted octanol–water partition coefficient (Wildman–Crippen LogP) is 0.228. The molecule has 2 N–H and O–H groups in total. The maximum atomic E-state index is 10.4. The van der Waals surface area contributed by atoms with Gasteiger partial charge in [0.05, 0.1) is 6.10 Å². The minimum absolute atomic E-state index is 0.215. The van der Waals surface area contributed by atoms with Gasteiger partial charge in [0, 0.05) is 13.2 Å². The van der Waals surface area contributed by atoms with E-state index >= 15 is 0 Å². The molecule has 4 heteroatoms. The summed E-state index contributed by atoms with van der Waals surface area (Å²) in [6, 6.07) is -0.478. The lowest BCUT2D eigenvalue weighted by Gasteiger charge is -2.13. The lowest BCUT2D eigenvalue weighted by atomic mass is 10.2. The Morgan fingerprint density at radius 2 is 2.58 bits per heavy atom. The van der Waals surface area contributed by atoms with E-state index in [4.69, 9.17) is 9.84 Å². The minimum atomic E-state index is -0.812. The first-order chi connectivity index (χ1) is 5.70. The van der Waals surface area contributed by atoms with Crippen LogP contribution in [0.3, 0.4) is 0 Å². The first-order valence-electron chi connectivity index (χ1n) is 4.28. The molecule has 0 aromatic carbocycles. The summed E-state index contributed by atoms with van der Waals surface area (Å²) in [4.78, 5) is 10.4. The highest BCUT2D eigenvalue weighted by Gasteiger charge is 2.17. The summed E-state index contributed by atoms with van der Waals surface area (Å²) in [5.41, 5.74) is 0. The molecule has 0 aromatic heterocycles. The molecule has 0 amide bonds. The van der Waals surface area contributed by atoms with Gasteiger partial charge in [0.1, 0.15) is 6.04 Å². The van der Waals surface area contributed by atoms with Crippen molar-refractivity contribution in [2.75, 3.05) is 13.2 Å². The summed E-state index contributed by atoms with van der Waals surface area (Å²) in [5, 5.41) is 11.5. The fourth-order valence-electron chi connectivity index (χ4n) is 1.20. The molecule has 1 heterocycles. The molecule has 70 valence electrons. The standard InChI is InChI=1S/C8H15NO3/c1-6(8(10)11)9-5-7-3-2-4-12-7/h6-7,9H,2-5H2,1H3,(H,10,11)/t6-,7+/m0/s1. The molecule has 0 unspecified atom stereocenters. The molecule has 0 spiro atoms. The van der Waals surface area contributed by atoms with Gasteiger partial charge < -0.3 is 15.2 Å². The monoisotopic (exact) mass is 173 g/mol. The summed E-state index contributed by atoms with van der Waals surface area (Å²) < 4.78 is 5.33. The van der Waals surface area contributed by atoms with E-state index in [-0.39, 0.29) is 6.10 Å². The van der Waals surface area contributed by atoms with Crippen LogP contribution in [0.5, 0.6) is 0 Å². The van der Waals surface area contributed by atoms with Crippen molar-refractivity contribution in [3.8, 4) is 0 Å². The van der Waals surface area contributed by atoms with Crippen molar-refractivity contribution in [2.45, 2.75) is 31.9 Å². The highest BCUT2D eigenvalue weighted by atomic mass is 16.5. The van der Waals surface area contributed by atoms with Crippen LogP contribution in [0.15, 0.2) is 0 Å². The highest BCUT2D eigenvalue weighted by Crippen LogP contribution is 2.10. The Labute approximate surface area is 71.9 Å². The van der Waals surface area contributed by atoms with Crippen LogP contribution in [0.25, 0.3) is 0 Å². The number of carbonyl (C=O) groups is 1. The zero-order valence-electron chi connectivity index (χ0n) is 7.25. The van der Waals surface area contributed by atoms with Gasteiger partial charge >= 0.3 is 5.97 Å². The van der Waals surface area contributed by atoms with E-state index < -0.39 is 12.0 Å². The van der Waals surface area contributed by atoms with Gasteiger partial charge in [-0.1, -0.05) is 0 Å². The maximum Gasteiger partial charge on any atom is 0.320 e. The molecule has 0 saturated carbocycles. The largest absolute Gasteiger partial charge is 0.480 e. The zero-order chi connectivity index (χ0) is 8.97. The summed E-state index contributed by atoms with van der Waals surface area (Å²) >= 11 is 0. The molecule has 0 bridgehead atoms. The van der Waals surface area contributed by atoms with Crippen molar-refractivity contribution in [1.82, 2.24) is 5.32 Å². The Hall–Kier alpha value is -0.610. The van der Waals surface area contributed by atoms with Crippen LogP contribution in [-0.4, -0.2) is 36.4 Å². The lowest BCUT2D eigenvalue weighted by molar-refractivity contribution is -0.139. The molecule has 1 aliphatic rings. The Bertz CT molecular complexity index is 154. The van der Waals surface area contributed by atoms with E-state index in [1.165, 1.54) is 0 Å². The topological polar surface area (TPSA) is 58.6 Å². The van der Waals surface area contributed by atoms with Crippen molar-refractivity contribution >= 4 is 5.97 Å². The number of ether oxygens (including phenoxy) is 1. The van der Waals surface area contributed by atoms with Crippen LogP contribution in [0.2, 0.25) is 0 Å². The molecule has 1 aliphatic heterocycles. The normalized spacial score (nSPS) is 25.6. The summed E-state index contributed by atoms with van der Waals surface area (Å²) in [6.45, 7) is 3.10. The van der Waals surface area contributed by atoms with Gasteiger partial charge in [-0.2, -0.15) is 0 Å². The van der Waals surface area contributed by atoms with Crippen molar-refractivity contribution in [2.24, 2.45) is 0 Å². The second-order valence-electron chi connectivity index (χ2n) is 3.10. The number of hydrogen-bond donors (Lipinski definition) is 2. The molecular weight excluding hydrogens is 158 g/mol. The van der Waals surface area contributed by atoms with Crippen molar-refractivity contribution in [1.29, 1.82) is 0 Å². The molecule has 1 rings (SSSR count). The minimum Gasteiger partial charge on any atom is -0.480 e. The second-order valence-corrected chi connectivity index (χ2v) is 3.10. The molecule has 2 atom stereocenters. The maximum absolute atomic E-state index is 10.4. The Balaban J connectivity index is 2.11. The zero-order valence-corrected chi connectivity index (χ0v) is 7.25. The van der Waals surface area contributed by atoms with Gasteiger partial charge in [-0.15, -0.1) is 0 Å². The van der Waals surface area contributed by atoms with Crippen LogP contribution in [0.4, 0.5) is 0 Å². The molecule has 0 aromatic rings. The van der Waals surface area contributed by atoms with E-state index in [0.717, 1.165) is 19.4 Å². The van der Waals surface area contributed by atoms with Crippen LogP contribution in [0, 0.1) is 0 Å². The Kier molecular flexibility index (Phi) is 3.49. The molecular formula is C8H15NO3. The quantitative estimate of drug-likeness (QED) is 0.639. The van der Waals surface area contributed by atoms with Gasteiger partial charge in [0.25, 0.3) is 0 Å². The number of hydrogen-bond acceptors (Lipinski definition) is 3. The van der Waals surface area contributed by atoms with Crippen LogP contribution in [-0.2, 0) is 9.53 Å². The van der Waals surface area contributed by atoms with E-state index in [1.807, 2.05) is 0 Å². The van der Waals surface area contributed by atoms with Gasteiger partial charge in [-0.05, 0) is 19.8 Å². The lowest BCUT2D eigenvalue weighted by Crippen LogP contribution is -2.38. The summed E-state index contributed by atoms with van der Waals surface area (Å²) in [5.74, 6) is -0.812. The fraction of sp³-hybridized carbons (Fsp3) is 0.875. The summed E-state index contributed by atoms with van der Waals surface area (Å²) in [6.07, 6.45) is 2.35. The first kappa shape index (κ1) is 9.48. The second kappa shape index (κ2) is 4.42. The Morgan fingerprint density at radius 1 is 1.83 bits per heavy atom. The van der Waals surface area contributed by atoms with E-state index in [9.17, 15) is 4.79 Å². The number of rotatable bonds is 4. The third kappa shape index (κ3) is 2.79. The van der Waals surface area contributed by atoms with Crippen LogP contribution >= 0.6 is 0 Å². The molecule has 1 saturated heterocycles. The van der Waals surface area contributed by atoms with Gasteiger partial charge in [-0.3, -0.25) is 4.79 Å². The summed E-state index contributed by atoms with van der Waals surface area (Å²) in [7, 11) is 0. The number of carboxylic acids is 1. The third-order valence-electron chi connectivity index (χ3n) is 2.05. The van der Waals surface area contributed by atoms with Crippen molar-refractivity contribution in [3.63, 3.8) is 0 Å². The molecule has 0 radical (unpaired) electrons. The Morgan fingerprint density at radius 3 is 3.08 bits per heavy atom. The SMILES string of the molecule is C[C@H](NC[C@H]1CCCO1)C(=O)O. The van der Waals surface area contributed by atoms with Crippen LogP contribution < -0.4 is 5.32 Å². The number of carboxylic acid groups (broad SMARTS) is 1. The average molecular weight is 173 g/mol. The fourth-order valence-corrected chi connectivity index (χ4v) is 1.20. The molecule has 0 aliphatic carbocycles. The first-order valence-corrected chi connectivity index (χ1v) is 4.28. The molecule has 12 heavy (non-hydrogen) atoms. The molecule has 4 nitrogen and oxygen atoms in total. The number of aliphatic carboxylic acids is 1. The van der Waals surface area contributed by atoms with Crippen molar-refractivity contribution < 1.29 is 14.6 Å². The highest BCUT2D eigenvalue weighted by molar-refractivity contribution is 5.72.